The summed E-state index contributed by atoms with van der Waals surface area (Å²) in [6, 6.07) is 18.7. The lowest BCUT2D eigenvalue weighted by Crippen LogP contribution is -2.26. The molecule has 4 rings (SSSR count). The van der Waals surface area contributed by atoms with Crippen LogP contribution in [-0.4, -0.2) is 15.5 Å². The molecule has 1 heterocycles. The average Bonchev–Trinajstić information content (AvgIpc) is 3.41. The molecule has 1 aromatic heterocycles. The summed E-state index contributed by atoms with van der Waals surface area (Å²) in [5, 5.41) is 3.05. The number of nitrogens with zero attached hydrogens (tertiary/aromatic N) is 2. The summed E-state index contributed by atoms with van der Waals surface area (Å²) in [7, 11) is 0. The molecule has 0 spiro atoms. The largest absolute Gasteiger partial charge is 0.349 e. The third kappa shape index (κ3) is 2.80. The van der Waals surface area contributed by atoms with Crippen molar-refractivity contribution in [3.8, 4) is 0 Å². The number of hydrogen-bond donors (Lipinski definition) is 1. The molecule has 1 unspecified atom stereocenters. The third-order valence-electron chi connectivity index (χ3n) is 4.71. The fourth-order valence-corrected chi connectivity index (χ4v) is 3.19. The van der Waals surface area contributed by atoms with E-state index in [1.165, 1.54) is 5.56 Å². The van der Waals surface area contributed by atoms with E-state index in [1.807, 2.05) is 24.3 Å². The van der Waals surface area contributed by atoms with E-state index in [0.717, 1.165) is 29.7 Å². The second-order valence-electron chi connectivity index (χ2n) is 6.47. The molecule has 3 aromatic rings. The van der Waals surface area contributed by atoms with Crippen molar-refractivity contribution in [1.29, 1.82) is 0 Å². The summed E-state index contributed by atoms with van der Waals surface area (Å²) in [5.74, 6) is 1.27. The lowest BCUT2D eigenvalue weighted by molar-refractivity contribution is -0.122. The van der Waals surface area contributed by atoms with E-state index in [9.17, 15) is 4.79 Å². The molecular formula is C20H21N3O. The van der Waals surface area contributed by atoms with Gasteiger partial charge in [-0.1, -0.05) is 42.5 Å². The van der Waals surface area contributed by atoms with Gasteiger partial charge in [0.25, 0.3) is 0 Å². The van der Waals surface area contributed by atoms with Gasteiger partial charge in [0.05, 0.1) is 23.6 Å². The zero-order chi connectivity index (χ0) is 16.5. The zero-order valence-corrected chi connectivity index (χ0v) is 13.8. The Morgan fingerprint density at radius 1 is 1.17 bits per heavy atom. The fourth-order valence-electron chi connectivity index (χ4n) is 3.19. The molecule has 0 aliphatic heterocycles. The van der Waals surface area contributed by atoms with Crippen molar-refractivity contribution in [2.45, 2.75) is 32.4 Å². The molecule has 24 heavy (non-hydrogen) atoms. The van der Waals surface area contributed by atoms with E-state index in [-0.39, 0.29) is 17.9 Å². The van der Waals surface area contributed by atoms with Crippen LogP contribution in [0.2, 0.25) is 0 Å². The fraction of sp³-hybridized carbons (Fsp3) is 0.300. The maximum Gasteiger partial charge on any atom is 0.223 e. The van der Waals surface area contributed by atoms with Gasteiger partial charge in [0, 0.05) is 5.92 Å². The maximum absolute atomic E-state index is 12.0. The quantitative estimate of drug-likeness (QED) is 0.780. The topological polar surface area (TPSA) is 46.9 Å². The molecule has 1 amide bonds. The normalized spacial score (nSPS) is 15.4. The minimum Gasteiger partial charge on any atom is -0.349 e. The summed E-state index contributed by atoms with van der Waals surface area (Å²) in [4.78, 5) is 16.8. The van der Waals surface area contributed by atoms with E-state index in [4.69, 9.17) is 4.98 Å². The number of imidazole rings is 1. The average molecular weight is 319 g/mol. The van der Waals surface area contributed by atoms with Crippen molar-refractivity contribution in [1.82, 2.24) is 14.9 Å². The molecule has 1 N–H and O–H groups in total. The van der Waals surface area contributed by atoms with Crippen molar-refractivity contribution in [3.63, 3.8) is 0 Å². The van der Waals surface area contributed by atoms with Gasteiger partial charge < -0.3 is 9.88 Å². The predicted molar refractivity (Wildman–Crippen MR) is 94.6 cm³/mol. The molecule has 0 radical (unpaired) electrons. The minimum atomic E-state index is 0.154. The highest BCUT2D eigenvalue weighted by atomic mass is 16.2. The highest BCUT2D eigenvalue weighted by Crippen LogP contribution is 2.29. The van der Waals surface area contributed by atoms with Gasteiger partial charge in [-0.05, 0) is 37.5 Å². The number of carbonyl (C=O) groups excluding carboxylic acids is 1. The summed E-state index contributed by atoms with van der Waals surface area (Å²) >= 11 is 0. The minimum absolute atomic E-state index is 0.154. The molecule has 122 valence electrons. The van der Waals surface area contributed by atoms with Crippen LogP contribution < -0.4 is 5.32 Å². The van der Waals surface area contributed by atoms with Gasteiger partial charge in [-0.3, -0.25) is 4.79 Å². The van der Waals surface area contributed by atoms with E-state index in [1.54, 1.807) is 0 Å². The van der Waals surface area contributed by atoms with Gasteiger partial charge in [-0.15, -0.1) is 0 Å². The molecule has 0 saturated heterocycles. The SMILES string of the molecule is CC(c1ccccc1)n1c(CNC(=O)C2CC2)nc2ccccc21. The Hall–Kier alpha value is -2.62. The summed E-state index contributed by atoms with van der Waals surface area (Å²) in [6.45, 7) is 2.65. The Bertz CT molecular complexity index is 865. The van der Waals surface area contributed by atoms with Crippen molar-refractivity contribution in [2.24, 2.45) is 5.92 Å². The molecule has 1 saturated carbocycles. The van der Waals surface area contributed by atoms with Gasteiger partial charge >= 0.3 is 0 Å². The Morgan fingerprint density at radius 2 is 1.88 bits per heavy atom. The number of benzene rings is 2. The molecule has 0 bridgehead atoms. The lowest BCUT2D eigenvalue weighted by atomic mass is 10.1. The van der Waals surface area contributed by atoms with Gasteiger partial charge in [0.1, 0.15) is 5.82 Å². The number of nitrogens with one attached hydrogen (secondary N) is 1. The van der Waals surface area contributed by atoms with Gasteiger partial charge in [0.15, 0.2) is 0 Å². The van der Waals surface area contributed by atoms with Crippen LogP contribution in [-0.2, 0) is 11.3 Å². The van der Waals surface area contributed by atoms with Crippen molar-refractivity contribution < 1.29 is 4.79 Å². The summed E-state index contributed by atoms with van der Waals surface area (Å²) in [6.07, 6.45) is 2.03. The van der Waals surface area contributed by atoms with Crippen molar-refractivity contribution in [2.75, 3.05) is 0 Å². The summed E-state index contributed by atoms with van der Waals surface area (Å²) in [5.41, 5.74) is 3.30. The predicted octanol–water partition coefficient (Wildman–Crippen LogP) is 3.67. The van der Waals surface area contributed by atoms with Crippen LogP contribution in [0.3, 0.4) is 0 Å². The van der Waals surface area contributed by atoms with Crippen LogP contribution in [0, 0.1) is 5.92 Å². The van der Waals surface area contributed by atoms with E-state index < -0.39 is 0 Å². The highest BCUT2D eigenvalue weighted by molar-refractivity contribution is 5.81. The highest BCUT2D eigenvalue weighted by Gasteiger charge is 2.29. The number of rotatable bonds is 5. The Labute approximate surface area is 141 Å². The zero-order valence-electron chi connectivity index (χ0n) is 13.8. The maximum atomic E-state index is 12.0. The first-order chi connectivity index (χ1) is 11.7. The third-order valence-corrected chi connectivity index (χ3v) is 4.71. The van der Waals surface area contributed by atoms with Gasteiger partial charge in [0.2, 0.25) is 5.91 Å². The molecule has 1 atom stereocenters. The second kappa shape index (κ2) is 6.11. The molecule has 2 aromatic carbocycles. The lowest BCUT2D eigenvalue weighted by Gasteiger charge is -2.18. The Morgan fingerprint density at radius 3 is 2.62 bits per heavy atom. The van der Waals surface area contributed by atoms with Crippen LogP contribution >= 0.6 is 0 Å². The second-order valence-corrected chi connectivity index (χ2v) is 6.47. The number of amides is 1. The number of hydrogen-bond acceptors (Lipinski definition) is 2. The van der Waals surface area contributed by atoms with Crippen LogP contribution in [0.4, 0.5) is 0 Å². The van der Waals surface area contributed by atoms with Crippen LogP contribution in [0.15, 0.2) is 54.6 Å². The smallest absolute Gasteiger partial charge is 0.223 e. The molecule has 4 heteroatoms. The van der Waals surface area contributed by atoms with E-state index in [0.29, 0.717) is 6.54 Å². The molecule has 1 aliphatic carbocycles. The number of carbonyl (C=O) groups is 1. The first-order valence-corrected chi connectivity index (χ1v) is 8.52. The number of aromatic nitrogens is 2. The van der Waals surface area contributed by atoms with Crippen molar-refractivity contribution >= 4 is 16.9 Å². The van der Waals surface area contributed by atoms with Crippen LogP contribution in [0.25, 0.3) is 11.0 Å². The standard InChI is InChI=1S/C20H21N3O/c1-14(15-7-3-2-4-8-15)23-18-10-6-5-9-17(18)22-19(23)13-21-20(24)16-11-12-16/h2-10,14,16H,11-13H2,1H3,(H,21,24). The van der Waals surface area contributed by atoms with Gasteiger partial charge in [-0.25, -0.2) is 4.98 Å². The molecule has 1 fully saturated rings. The van der Waals surface area contributed by atoms with Crippen molar-refractivity contribution in [3.05, 3.63) is 66.0 Å². The van der Waals surface area contributed by atoms with E-state index >= 15 is 0 Å². The molecular weight excluding hydrogens is 298 g/mol. The first kappa shape index (κ1) is 14.9. The van der Waals surface area contributed by atoms with E-state index in [2.05, 4.69) is 47.1 Å². The van der Waals surface area contributed by atoms with Crippen LogP contribution in [0.5, 0.6) is 0 Å². The summed E-state index contributed by atoms with van der Waals surface area (Å²) < 4.78 is 2.23. The Balaban J connectivity index is 1.71. The number of para-hydroxylation sites is 2. The van der Waals surface area contributed by atoms with Gasteiger partial charge in [-0.2, -0.15) is 0 Å². The number of fused-ring (bicyclic) bond motifs is 1. The molecule has 1 aliphatic rings. The molecule has 4 nitrogen and oxygen atoms in total. The first-order valence-electron chi connectivity index (χ1n) is 8.52. The Kier molecular flexibility index (Phi) is 3.81. The van der Waals surface area contributed by atoms with Crippen LogP contribution in [0.1, 0.15) is 37.2 Å². The monoisotopic (exact) mass is 319 g/mol.